The second kappa shape index (κ2) is 9.46. The van der Waals surface area contributed by atoms with Crippen LogP contribution in [0.1, 0.15) is 31.0 Å². The average Bonchev–Trinajstić information content (AvgIpc) is 3.42. The van der Waals surface area contributed by atoms with E-state index < -0.39 is 11.9 Å². The Kier molecular flexibility index (Phi) is 6.24. The minimum Gasteiger partial charge on any atom is -0.368 e. The largest absolute Gasteiger partial charge is 0.368 e. The van der Waals surface area contributed by atoms with Gasteiger partial charge in [0.2, 0.25) is 5.91 Å². The van der Waals surface area contributed by atoms with Crippen LogP contribution in [0.2, 0.25) is 0 Å². The molecule has 3 N–H and O–H groups in total. The number of para-hydroxylation sites is 1. The van der Waals surface area contributed by atoms with E-state index in [1.165, 1.54) is 25.0 Å². The number of rotatable bonds is 10. The number of aromatic nitrogens is 2. The van der Waals surface area contributed by atoms with Crippen LogP contribution in [0.3, 0.4) is 0 Å². The van der Waals surface area contributed by atoms with Crippen LogP contribution in [0.15, 0.2) is 60.1 Å². The van der Waals surface area contributed by atoms with Gasteiger partial charge in [-0.15, -0.1) is 11.3 Å². The summed E-state index contributed by atoms with van der Waals surface area (Å²) in [6.07, 6.45) is 4.77. The van der Waals surface area contributed by atoms with Gasteiger partial charge < -0.3 is 20.5 Å². The molecular formula is C26H28FN5OS. The van der Waals surface area contributed by atoms with Gasteiger partial charge in [-0.25, -0.2) is 9.37 Å². The highest BCUT2D eigenvalue weighted by atomic mass is 32.1. The number of hydrogen-bond acceptors (Lipinski definition) is 5. The van der Waals surface area contributed by atoms with E-state index >= 15 is 0 Å². The Morgan fingerprint density at radius 3 is 2.71 bits per heavy atom. The fourth-order valence-corrected chi connectivity index (χ4v) is 5.45. The third kappa shape index (κ3) is 4.63. The van der Waals surface area contributed by atoms with Gasteiger partial charge in [-0.1, -0.05) is 18.2 Å². The molecule has 2 heterocycles. The molecule has 0 saturated heterocycles. The van der Waals surface area contributed by atoms with Crippen LogP contribution < -0.4 is 15.5 Å². The van der Waals surface area contributed by atoms with Crippen molar-refractivity contribution in [2.24, 2.45) is 5.73 Å². The summed E-state index contributed by atoms with van der Waals surface area (Å²) in [6.45, 7) is 3.47. The SMILES string of the molecule is CCN(c1nc(CN(c2ccc(F)cc2)[C@H](Cc2c[nH]c3ccccc23)C(N)=O)cs1)C1CC1. The lowest BCUT2D eigenvalue weighted by Crippen LogP contribution is -2.46. The maximum absolute atomic E-state index is 13.7. The summed E-state index contributed by atoms with van der Waals surface area (Å²) < 4.78 is 13.7. The van der Waals surface area contributed by atoms with Gasteiger partial charge in [0, 0.05) is 47.2 Å². The van der Waals surface area contributed by atoms with Gasteiger partial charge in [-0.05, 0) is 55.7 Å². The minimum absolute atomic E-state index is 0.324. The first-order chi connectivity index (χ1) is 16.5. The van der Waals surface area contributed by atoms with Crippen LogP contribution >= 0.6 is 11.3 Å². The fraction of sp³-hybridized carbons (Fsp3) is 0.308. The zero-order chi connectivity index (χ0) is 23.7. The summed E-state index contributed by atoms with van der Waals surface area (Å²) in [5.74, 6) is -0.756. The average molecular weight is 478 g/mol. The summed E-state index contributed by atoms with van der Waals surface area (Å²) in [4.78, 5) is 25.2. The number of halogens is 1. The third-order valence-corrected chi connectivity index (χ3v) is 7.32. The molecule has 8 heteroatoms. The van der Waals surface area contributed by atoms with Gasteiger partial charge in [-0.2, -0.15) is 0 Å². The van der Waals surface area contributed by atoms with E-state index in [9.17, 15) is 9.18 Å². The highest BCUT2D eigenvalue weighted by molar-refractivity contribution is 7.13. The maximum Gasteiger partial charge on any atom is 0.240 e. The molecule has 2 aromatic carbocycles. The van der Waals surface area contributed by atoms with Crippen molar-refractivity contribution in [3.63, 3.8) is 0 Å². The van der Waals surface area contributed by atoms with Crippen LogP contribution in [0, 0.1) is 5.82 Å². The standard InChI is InChI=1S/C26H28FN5OS/c1-2-31(20-11-12-20)26-30-19(16-34-26)15-32(21-9-7-18(27)8-10-21)24(25(28)33)13-17-14-29-23-6-4-3-5-22(17)23/h3-10,14,16,20,24,29H,2,11-13,15H2,1H3,(H2,28,33)/t24-/m1/s1. The predicted molar refractivity (Wildman–Crippen MR) is 136 cm³/mol. The van der Waals surface area contributed by atoms with Crippen LogP contribution in [-0.2, 0) is 17.8 Å². The Hall–Kier alpha value is -3.39. The lowest BCUT2D eigenvalue weighted by atomic mass is 10.0. The molecule has 1 atom stereocenters. The first-order valence-corrected chi connectivity index (χ1v) is 12.5. The van der Waals surface area contributed by atoms with E-state index in [2.05, 4.69) is 16.8 Å². The number of carbonyl (C=O) groups excluding carboxylic acids is 1. The Balaban J connectivity index is 1.47. The molecule has 1 saturated carbocycles. The number of fused-ring (bicyclic) bond motifs is 1. The number of aromatic amines is 1. The van der Waals surface area contributed by atoms with E-state index in [1.807, 2.05) is 40.7 Å². The topological polar surface area (TPSA) is 78.2 Å². The maximum atomic E-state index is 13.7. The van der Waals surface area contributed by atoms with Crippen molar-refractivity contribution < 1.29 is 9.18 Å². The lowest BCUT2D eigenvalue weighted by molar-refractivity contribution is -0.119. The molecule has 0 aliphatic heterocycles. The van der Waals surface area contributed by atoms with Gasteiger partial charge >= 0.3 is 0 Å². The van der Waals surface area contributed by atoms with Crippen molar-refractivity contribution in [2.75, 3.05) is 16.3 Å². The number of nitrogens with two attached hydrogens (primary N) is 1. The Morgan fingerprint density at radius 1 is 1.24 bits per heavy atom. The summed E-state index contributed by atoms with van der Waals surface area (Å²) in [5.41, 5.74) is 9.57. The smallest absolute Gasteiger partial charge is 0.240 e. The normalized spacial score (nSPS) is 14.3. The number of amides is 1. The Labute approximate surface area is 202 Å². The molecule has 176 valence electrons. The number of nitrogens with one attached hydrogen (secondary N) is 1. The van der Waals surface area contributed by atoms with Crippen molar-refractivity contribution in [2.45, 2.75) is 44.8 Å². The lowest BCUT2D eigenvalue weighted by Gasteiger charge is -2.31. The van der Waals surface area contributed by atoms with Crippen LogP contribution in [0.5, 0.6) is 0 Å². The van der Waals surface area contributed by atoms with E-state index in [4.69, 9.17) is 10.7 Å². The van der Waals surface area contributed by atoms with Gasteiger partial charge in [-0.3, -0.25) is 4.79 Å². The van der Waals surface area contributed by atoms with Crippen molar-refractivity contribution in [1.82, 2.24) is 9.97 Å². The molecule has 0 unspecified atom stereocenters. The molecule has 1 fully saturated rings. The molecule has 4 aromatic rings. The minimum atomic E-state index is -0.625. The number of carbonyl (C=O) groups is 1. The Morgan fingerprint density at radius 2 is 2.00 bits per heavy atom. The summed E-state index contributed by atoms with van der Waals surface area (Å²) in [7, 11) is 0. The zero-order valence-electron chi connectivity index (χ0n) is 19.1. The molecule has 1 amide bonds. The number of thiazole rings is 1. The fourth-order valence-electron chi connectivity index (χ4n) is 4.50. The molecule has 1 aliphatic rings. The highest BCUT2D eigenvalue weighted by Crippen LogP contribution is 2.34. The molecule has 0 spiro atoms. The van der Waals surface area contributed by atoms with E-state index in [0.29, 0.717) is 19.0 Å². The van der Waals surface area contributed by atoms with E-state index in [-0.39, 0.29) is 5.82 Å². The van der Waals surface area contributed by atoms with Gasteiger partial charge in [0.25, 0.3) is 0 Å². The number of nitrogens with zero attached hydrogens (tertiary/aromatic N) is 3. The monoisotopic (exact) mass is 477 g/mol. The molecule has 6 nitrogen and oxygen atoms in total. The van der Waals surface area contributed by atoms with Crippen molar-refractivity contribution >= 4 is 39.0 Å². The van der Waals surface area contributed by atoms with Crippen LogP contribution in [-0.4, -0.2) is 34.5 Å². The summed E-state index contributed by atoms with van der Waals surface area (Å²) in [6, 6.07) is 14.1. The number of benzene rings is 2. The summed E-state index contributed by atoms with van der Waals surface area (Å²) in [5, 5.41) is 4.11. The van der Waals surface area contributed by atoms with Crippen LogP contribution in [0.25, 0.3) is 10.9 Å². The van der Waals surface area contributed by atoms with Gasteiger partial charge in [0.05, 0.1) is 12.2 Å². The van der Waals surface area contributed by atoms with Gasteiger partial charge in [0.15, 0.2) is 5.13 Å². The molecule has 2 aromatic heterocycles. The van der Waals surface area contributed by atoms with Crippen molar-refractivity contribution in [1.29, 1.82) is 0 Å². The second-order valence-corrected chi connectivity index (χ2v) is 9.56. The van der Waals surface area contributed by atoms with E-state index in [0.717, 1.165) is 39.5 Å². The molecule has 1 aliphatic carbocycles. The number of primary amides is 1. The third-order valence-electron chi connectivity index (χ3n) is 6.40. The molecule has 0 radical (unpaired) electrons. The highest BCUT2D eigenvalue weighted by Gasteiger charge is 2.31. The number of anilines is 2. The molecule has 5 rings (SSSR count). The number of hydrogen-bond donors (Lipinski definition) is 2. The molecule has 0 bridgehead atoms. The number of H-pyrrole nitrogens is 1. The summed E-state index contributed by atoms with van der Waals surface area (Å²) >= 11 is 1.62. The van der Waals surface area contributed by atoms with Crippen molar-refractivity contribution in [3.8, 4) is 0 Å². The molecule has 34 heavy (non-hydrogen) atoms. The predicted octanol–water partition coefficient (Wildman–Crippen LogP) is 4.86. The van der Waals surface area contributed by atoms with Crippen molar-refractivity contribution in [3.05, 3.63) is 77.2 Å². The first kappa shape index (κ1) is 22.4. The molecular weight excluding hydrogens is 449 g/mol. The second-order valence-electron chi connectivity index (χ2n) is 8.72. The first-order valence-electron chi connectivity index (χ1n) is 11.6. The van der Waals surface area contributed by atoms with Gasteiger partial charge in [0.1, 0.15) is 11.9 Å². The quantitative estimate of drug-likeness (QED) is 0.342. The zero-order valence-corrected chi connectivity index (χ0v) is 19.9. The van der Waals surface area contributed by atoms with Crippen LogP contribution in [0.4, 0.5) is 15.2 Å². The van der Waals surface area contributed by atoms with E-state index in [1.54, 1.807) is 23.5 Å². The Bertz CT molecular complexity index is 1280.